The smallest absolute Gasteiger partial charge is 0.226 e. The summed E-state index contributed by atoms with van der Waals surface area (Å²) >= 11 is 5.77. The molecule has 1 aromatic carbocycles. The van der Waals surface area contributed by atoms with Crippen LogP contribution in [0.15, 0.2) is 91.5 Å². The van der Waals surface area contributed by atoms with Crippen LogP contribution in [0, 0.1) is 6.92 Å². The van der Waals surface area contributed by atoms with E-state index in [4.69, 9.17) is 12.2 Å². The van der Waals surface area contributed by atoms with E-state index in [2.05, 4.69) is 36.1 Å². The summed E-state index contributed by atoms with van der Waals surface area (Å²) in [6.45, 7) is 2.45. The number of benzene rings is 1. The fourth-order valence-corrected chi connectivity index (χ4v) is 4.82. The molecular formula is C27H26N6OS. The Morgan fingerprint density at radius 1 is 1.03 bits per heavy atom. The normalized spacial score (nSPS) is 17.3. The number of pyridine rings is 2. The molecular weight excluding hydrogens is 456 g/mol. The van der Waals surface area contributed by atoms with Gasteiger partial charge in [-0.15, -0.1) is 0 Å². The zero-order chi connectivity index (χ0) is 24.2. The standard InChI is InChI=1S/C27H26N6OS/c1-19-7-2-3-8-21(19)30-24(34)13-18-33-26(25(31-27(33)35)22-9-4-5-14-29-22)23-10-6-17-32(23)20-11-15-28-16-12-20/h2-12,14-17,25-26H,13,18H2,1H3,(H,30,34)(H,31,35)/t25-,26+/m1/s1. The molecule has 0 saturated carbocycles. The van der Waals surface area contributed by atoms with Crippen LogP contribution in [0.4, 0.5) is 5.69 Å². The first-order chi connectivity index (χ1) is 17.1. The Bertz CT molecular complexity index is 1320. The predicted octanol–water partition coefficient (Wildman–Crippen LogP) is 4.58. The molecule has 176 valence electrons. The molecule has 8 heteroatoms. The fraction of sp³-hybridized carbons (Fsp3) is 0.185. The fourth-order valence-electron chi connectivity index (χ4n) is 4.49. The van der Waals surface area contributed by atoms with Crippen molar-refractivity contribution in [1.82, 2.24) is 24.8 Å². The van der Waals surface area contributed by atoms with Crippen LogP contribution < -0.4 is 10.6 Å². The number of nitrogens with one attached hydrogen (secondary N) is 2. The number of aryl methyl sites for hydroxylation is 1. The Labute approximate surface area is 209 Å². The number of hydrogen-bond acceptors (Lipinski definition) is 4. The average Bonchev–Trinajstić information content (AvgIpc) is 3.49. The van der Waals surface area contributed by atoms with Crippen LogP contribution in [0.3, 0.4) is 0 Å². The molecule has 1 saturated heterocycles. The zero-order valence-electron chi connectivity index (χ0n) is 19.3. The zero-order valence-corrected chi connectivity index (χ0v) is 20.2. The highest BCUT2D eigenvalue weighted by atomic mass is 32.1. The van der Waals surface area contributed by atoms with Gasteiger partial charge < -0.3 is 20.1 Å². The van der Waals surface area contributed by atoms with Crippen molar-refractivity contribution in [2.24, 2.45) is 0 Å². The summed E-state index contributed by atoms with van der Waals surface area (Å²) in [4.78, 5) is 23.7. The van der Waals surface area contributed by atoms with Gasteiger partial charge in [-0.3, -0.25) is 14.8 Å². The van der Waals surface area contributed by atoms with Gasteiger partial charge in [0.2, 0.25) is 5.91 Å². The summed E-state index contributed by atoms with van der Waals surface area (Å²) in [5.41, 5.74) is 4.82. The van der Waals surface area contributed by atoms with Crippen LogP contribution in [0.25, 0.3) is 5.69 Å². The molecule has 2 atom stereocenters. The third kappa shape index (κ3) is 4.79. The number of amides is 1. The lowest BCUT2D eigenvalue weighted by atomic mass is 10.0. The number of carbonyl (C=O) groups is 1. The number of carbonyl (C=O) groups excluding carboxylic acids is 1. The molecule has 0 bridgehead atoms. The lowest BCUT2D eigenvalue weighted by Crippen LogP contribution is -2.33. The molecule has 3 aromatic heterocycles. The number of nitrogens with zero attached hydrogens (tertiary/aromatic N) is 4. The summed E-state index contributed by atoms with van der Waals surface area (Å²) in [5, 5.41) is 7.09. The van der Waals surface area contributed by atoms with Crippen LogP contribution in [0.5, 0.6) is 0 Å². The van der Waals surface area contributed by atoms with Crippen LogP contribution in [-0.2, 0) is 4.79 Å². The van der Waals surface area contributed by atoms with E-state index in [0.29, 0.717) is 18.1 Å². The van der Waals surface area contributed by atoms with Gasteiger partial charge in [0.25, 0.3) is 0 Å². The van der Waals surface area contributed by atoms with Gasteiger partial charge in [-0.05, 0) is 67.2 Å². The van der Waals surface area contributed by atoms with Crippen molar-refractivity contribution in [3.8, 4) is 5.69 Å². The van der Waals surface area contributed by atoms with Crippen molar-refractivity contribution in [1.29, 1.82) is 0 Å². The van der Waals surface area contributed by atoms with Crippen molar-refractivity contribution < 1.29 is 4.79 Å². The Kier molecular flexibility index (Phi) is 6.54. The maximum Gasteiger partial charge on any atom is 0.226 e. The van der Waals surface area contributed by atoms with E-state index in [-0.39, 0.29) is 18.0 Å². The number of rotatable bonds is 7. The summed E-state index contributed by atoms with van der Waals surface area (Å²) in [5.74, 6) is -0.0494. The molecule has 1 fully saturated rings. The third-order valence-corrected chi connectivity index (χ3v) is 6.57. The van der Waals surface area contributed by atoms with Gasteiger partial charge in [0.1, 0.15) is 0 Å². The largest absolute Gasteiger partial charge is 0.352 e. The highest BCUT2D eigenvalue weighted by molar-refractivity contribution is 7.80. The Morgan fingerprint density at radius 2 is 1.83 bits per heavy atom. The van der Waals surface area contributed by atoms with E-state index in [0.717, 1.165) is 28.3 Å². The summed E-state index contributed by atoms with van der Waals surface area (Å²) in [6.07, 6.45) is 7.68. The van der Waals surface area contributed by atoms with Crippen molar-refractivity contribution in [2.75, 3.05) is 11.9 Å². The van der Waals surface area contributed by atoms with E-state index in [9.17, 15) is 4.79 Å². The lowest BCUT2D eigenvalue weighted by molar-refractivity contribution is -0.116. The van der Waals surface area contributed by atoms with Crippen LogP contribution in [0.1, 0.15) is 35.5 Å². The minimum absolute atomic E-state index is 0.0494. The van der Waals surface area contributed by atoms with Gasteiger partial charge in [-0.25, -0.2) is 0 Å². The van der Waals surface area contributed by atoms with Gasteiger partial charge in [0, 0.05) is 54.8 Å². The molecule has 4 aromatic rings. The molecule has 0 spiro atoms. The van der Waals surface area contributed by atoms with E-state index >= 15 is 0 Å². The number of anilines is 1. The maximum atomic E-state index is 12.8. The molecule has 35 heavy (non-hydrogen) atoms. The summed E-state index contributed by atoms with van der Waals surface area (Å²) in [6, 6.07) is 21.4. The minimum atomic E-state index is -0.154. The highest BCUT2D eigenvalue weighted by Crippen LogP contribution is 2.39. The molecule has 1 aliphatic rings. The Morgan fingerprint density at radius 3 is 2.60 bits per heavy atom. The molecule has 0 radical (unpaired) electrons. The van der Waals surface area contributed by atoms with Crippen LogP contribution in [0.2, 0.25) is 0 Å². The van der Waals surface area contributed by atoms with E-state index < -0.39 is 0 Å². The molecule has 7 nitrogen and oxygen atoms in total. The Balaban J connectivity index is 1.44. The first-order valence-corrected chi connectivity index (χ1v) is 11.9. The quantitative estimate of drug-likeness (QED) is 0.376. The van der Waals surface area contributed by atoms with Gasteiger partial charge >= 0.3 is 0 Å². The van der Waals surface area contributed by atoms with Crippen molar-refractivity contribution in [2.45, 2.75) is 25.4 Å². The van der Waals surface area contributed by atoms with Gasteiger partial charge in [-0.2, -0.15) is 0 Å². The molecule has 0 unspecified atom stereocenters. The van der Waals surface area contributed by atoms with Crippen LogP contribution >= 0.6 is 12.2 Å². The third-order valence-electron chi connectivity index (χ3n) is 6.22. The first-order valence-electron chi connectivity index (χ1n) is 11.5. The van der Waals surface area contributed by atoms with E-state index in [1.165, 1.54) is 0 Å². The summed E-state index contributed by atoms with van der Waals surface area (Å²) < 4.78 is 2.14. The number of hydrogen-bond donors (Lipinski definition) is 2. The topological polar surface area (TPSA) is 75.1 Å². The van der Waals surface area contributed by atoms with Gasteiger partial charge in [0.15, 0.2) is 5.11 Å². The van der Waals surface area contributed by atoms with E-state index in [1.807, 2.05) is 73.8 Å². The molecule has 1 aliphatic heterocycles. The molecule has 0 aliphatic carbocycles. The molecule has 4 heterocycles. The molecule has 2 N–H and O–H groups in total. The van der Waals surface area contributed by atoms with Crippen molar-refractivity contribution >= 4 is 28.9 Å². The second-order valence-electron chi connectivity index (χ2n) is 8.44. The second kappa shape index (κ2) is 10.1. The monoisotopic (exact) mass is 482 g/mol. The predicted molar refractivity (Wildman–Crippen MR) is 140 cm³/mol. The van der Waals surface area contributed by atoms with Crippen molar-refractivity contribution in [3.63, 3.8) is 0 Å². The summed E-state index contributed by atoms with van der Waals surface area (Å²) in [7, 11) is 0. The Hall–Kier alpha value is -4.04. The number of aromatic nitrogens is 3. The SMILES string of the molecule is Cc1ccccc1NC(=O)CCN1C(=S)N[C@H](c2ccccn2)[C@@H]1c1cccn1-c1ccncc1. The van der Waals surface area contributed by atoms with Gasteiger partial charge in [0.05, 0.1) is 17.8 Å². The molecule has 1 amide bonds. The average molecular weight is 483 g/mol. The lowest BCUT2D eigenvalue weighted by Gasteiger charge is -2.28. The highest BCUT2D eigenvalue weighted by Gasteiger charge is 2.41. The van der Waals surface area contributed by atoms with Gasteiger partial charge in [-0.1, -0.05) is 24.3 Å². The first kappa shape index (κ1) is 22.7. The van der Waals surface area contributed by atoms with Crippen molar-refractivity contribution in [3.05, 3.63) is 108 Å². The van der Waals surface area contributed by atoms with E-state index in [1.54, 1.807) is 18.6 Å². The molecule has 5 rings (SSSR count). The number of para-hydroxylation sites is 1. The maximum absolute atomic E-state index is 12.8. The van der Waals surface area contributed by atoms with Crippen LogP contribution in [-0.4, -0.2) is 37.0 Å². The minimum Gasteiger partial charge on any atom is -0.352 e. The second-order valence-corrected chi connectivity index (χ2v) is 8.83. The number of thiocarbonyl (C=S) groups is 1.